The molecule has 0 radical (unpaired) electrons. The highest BCUT2D eigenvalue weighted by atomic mass is 16.5. The lowest BCUT2D eigenvalue weighted by Crippen LogP contribution is -2.03. The zero-order valence-electron chi connectivity index (χ0n) is 12.1. The van der Waals surface area contributed by atoms with Gasteiger partial charge in [0.05, 0.1) is 11.3 Å². The van der Waals surface area contributed by atoms with Gasteiger partial charge in [-0.1, -0.05) is 18.2 Å². The van der Waals surface area contributed by atoms with Crippen LogP contribution in [0.4, 0.5) is 0 Å². The second-order valence-corrected chi connectivity index (χ2v) is 4.37. The Morgan fingerprint density at radius 3 is 2.55 bits per heavy atom. The molecule has 2 aromatic rings. The lowest BCUT2D eigenvalue weighted by molar-refractivity contribution is -0.128. The zero-order chi connectivity index (χ0) is 15.8. The van der Waals surface area contributed by atoms with Crippen LogP contribution in [0.5, 0.6) is 5.75 Å². The molecule has 0 amide bonds. The molecule has 0 spiro atoms. The molecule has 0 unspecified atom stereocenters. The largest absolute Gasteiger partial charge is 0.423 e. The summed E-state index contributed by atoms with van der Waals surface area (Å²) in [5.74, 6) is 0.0369. The van der Waals surface area contributed by atoms with Gasteiger partial charge >= 0.3 is 5.97 Å². The van der Waals surface area contributed by atoms with E-state index in [1.165, 1.54) is 12.3 Å². The van der Waals surface area contributed by atoms with Crippen LogP contribution in [-0.4, -0.2) is 11.0 Å². The van der Waals surface area contributed by atoms with Crippen LogP contribution in [0.1, 0.15) is 12.5 Å². The standard InChI is InChI=1S/C18H14N2O2/c1-2-3-4-5-18(21)22-16-9-7-15(8-10-16)17-11-6-14(12-19)13-20-17/h2-11,13H,1H3. The topological polar surface area (TPSA) is 63.0 Å². The van der Waals surface area contributed by atoms with E-state index in [4.69, 9.17) is 10.00 Å². The van der Waals surface area contributed by atoms with Gasteiger partial charge in [0.15, 0.2) is 0 Å². The van der Waals surface area contributed by atoms with Gasteiger partial charge in [-0.25, -0.2) is 4.79 Å². The Kier molecular flexibility index (Phi) is 5.22. The molecule has 4 nitrogen and oxygen atoms in total. The average Bonchev–Trinajstić information content (AvgIpc) is 2.56. The first-order valence-electron chi connectivity index (χ1n) is 6.70. The van der Waals surface area contributed by atoms with Crippen molar-refractivity contribution in [2.45, 2.75) is 6.92 Å². The molecule has 0 bridgehead atoms. The first-order chi connectivity index (χ1) is 10.7. The van der Waals surface area contributed by atoms with Crippen LogP contribution in [0.25, 0.3) is 11.3 Å². The van der Waals surface area contributed by atoms with Crippen LogP contribution in [0, 0.1) is 11.3 Å². The maximum Gasteiger partial charge on any atom is 0.336 e. The van der Waals surface area contributed by atoms with Crippen LogP contribution in [0.15, 0.2) is 66.9 Å². The van der Waals surface area contributed by atoms with Gasteiger partial charge in [0.25, 0.3) is 0 Å². The van der Waals surface area contributed by atoms with E-state index < -0.39 is 5.97 Å². The number of hydrogen-bond donors (Lipinski definition) is 0. The number of hydrogen-bond acceptors (Lipinski definition) is 4. The number of nitriles is 1. The number of nitrogens with zero attached hydrogens (tertiary/aromatic N) is 2. The highest BCUT2D eigenvalue weighted by Crippen LogP contribution is 2.21. The van der Waals surface area contributed by atoms with Gasteiger partial charge < -0.3 is 4.74 Å². The number of esters is 1. The Morgan fingerprint density at radius 2 is 1.95 bits per heavy atom. The number of ether oxygens (including phenoxy) is 1. The van der Waals surface area contributed by atoms with E-state index in [2.05, 4.69) is 4.98 Å². The number of benzene rings is 1. The molecule has 4 heteroatoms. The van der Waals surface area contributed by atoms with Gasteiger partial charge in [0.2, 0.25) is 0 Å². The number of carbonyl (C=O) groups is 1. The summed E-state index contributed by atoms with van der Waals surface area (Å²) < 4.78 is 5.17. The monoisotopic (exact) mass is 290 g/mol. The molecular formula is C18H14N2O2. The molecule has 0 atom stereocenters. The fraction of sp³-hybridized carbons (Fsp3) is 0.0556. The van der Waals surface area contributed by atoms with E-state index in [1.807, 2.05) is 31.2 Å². The highest BCUT2D eigenvalue weighted by Gasteiger charge is 2.03. The van der Waals surface area contributed by atoms with Gasteiger partial charge in [0.1, 0.15) is 11.8 Å². The van der Waals surface area contributed by atoms with E-state index in [9.17, 15) is 4.79 Å². The van der Waals surface area contributed by atoms with Crippen molar-refractivity contribution < 1.29 is 9.53 Å². The van der Waals surface area contributed by atoms with Crippen LogP contribution in [0.2, 0.25) is 0 Å². The Balaban J connectivity index is 2.06. The number of rotatable bonds is 4. The minimum absolute atomic E-state index is 0.428. The number of carbonyl (C=O) groups excluding carboxylic acids is 1. The van der Waals surface area contributed by atoms with Crippen molar-refractivity contribution in [3.05, 3.63) is 72.5 Å². The second kappa shape index (κ2) is 7.55. The summed E-state index contributed by atoms with van der Waals surface area (Å²) in [7, 11) is 0. The van der Waals surface area contributed by atoms with Crippen LogP contribution >= 0.6 is 0 Å². The first-order valence-corrected chi connectivity index (χ1v) is 6.70. The summed E-state index contributed by atoms with van der Waals surface area (Å²) in [6.45, 7) is 1.87. The predicted octanol–water partition coefficient (Wildman–Crippen LogP) is 3.66. The quantitative estimate of drug-likeness (QED) is 0.373. The van der Waals surface area contributed by atoms with Crippen LogP contribution in [0.3, 0.4) is 0 Å². The molecule has 0 saturated heterocycles. The van der Waals surface area contributed by atoms with Crippen molar-refractivity contribution >= 4 is 5.97 Å². The van der Waals surface area contributed by atoms with Gasteiger partial charge in [-0.05, 0) is 43.3 Å². The van der Waals surface area contributed by atoms with E-state index in [0.29, 0.717) is 11.3 Å². The molecule has 1 aromatic heterocycles. The van der Waals surface area contributed by atoms with Crippen molar-refractivity contribution in [3.63, 3.8) is 0 Å². The van der Waals surface area contributed by atoms with Crippen molar-refractivity contribution in [1.29, 1.82) is 5.26 Å². The zero-order valence-corrected chi connectivity index (χ0v) is 12.1. The highest BCUT2D eigenvalue weighted by molar-refractivity contribution is 5.84. The number of aromatic nitrogens is 1. The van der Waals surface area contributed by atoms with Crippen molar-refractivity contribution in [1.82, 2.24) is 4.98 Å². The third-order valence-corrected chi connectivity index (χ3v) is 2.80. The van der Waals surface area contributed by atoms with Crippen molar-refractivity contribution in [2.75, 3.05) is 0 Å². The Labute approximate surface area is 129 Å². The molecule has 0 saturated carbocycles. The SMILES string of the molecule is CC=CC=CC(=O)Oc1ccc(-c2ccc(C#N)cn2)cc1. The van der Waals surface area contributed by atoms with Crippen molar-refractivity contribution in [2.24, 2.45) is 0 Å². The molecule has 2 rings (SSSR count). The summed E-state index contributed by atoms with van der Waals surface area (Å²) in [6.07, 6.45) is 8.08. The predicted molar refractivity (Wildman–Crippen MR) is 84.0 cm³/mol. The third kappa shape index (κ3) is 4.15. The molecule has 1 heterocycles. The van der Waals surface area contributed by atoms with E-state index in [0.717, 1.165) is 11.3 Å². The summed E-state index contributed by atoms with van der Waals surface area (Å²) in [4.78, 5) is 15.7. The van der Waals surface area contributed by atoms with Gasteiger partial charge in [-0.15, -0.1) is 0 Å². The summed E-state index contributed by atoms with van der Waals surface area (Å²) in [5.41, 5.74) is 2.15. The van der Waals surface area contributed by atoms with E-state index >= 15 is 0 Å². The molecule has 22 heavy (non-hydrogen) atoms. The third-order valence-electron chi connectivity index (χ3n) is 2.80. The van der Waals surface area contributed by atoms with Crippen molar-refractivity contribution in [3.8, 4) is 23.1 Å². The lowest BCUT2D eigenvalue weighted by Gasteiger charge is -2.04. The van der Waals surface area contributed by atoms with E-state index in [1.54, 1.807) is 36.4 Å². The minimum atomic E-state index is -0.428. The second-order valence-electron chi connectivity index (χ2n) is 4.37. The molecule has 0 aliphatic carbocycles. The lowest BCUT2D eigenvalue weighted by atomic mass is 10.1. The molecule has 0 fully saturated rings. The average molecular weight is 290 g/mol. The Morgan fingerprint density at radius 1 is 1.18 bits per heavy atom. The summed E-state index contributed by atoms with van der Waals surface area (Å²) in [6, 6.07) is 12.5. The van der Waals surface area contributed by atoms with Gasteiger partial charge in [0, 0.05) is 17.8 Å². The Bertz CT molecular complexity index is 736. The van der Waals surface area contributed by atoms with Crippen LogP contribution < -0.4 is 4.74 Å². The maximum atomic E-state index is 11.5. The number of allylic oxidation sites excluding steroid dienone is 3. The summed E-state index contributed by atoms with van der Waals surface area (Å²) >= 11 is 0. The van der Waals surface area contributed by atoms with Crippen LogP contribution in [-0.2, 0) is 4.79 Å². The van der Waals surface area contributed by atoms with Gasteiger partial charge in [-0.3, -0.25) is 4.98 Å². The minimum Gasteiger partial charge on any atom is -0.423 e. The smallest absolute Gasteiger partial charge is 0.336 e. The molecule has 0 N–H and O–H groups in total. The molecule has 1 aromatic carbocycles. The molecular weight excluding hydrogens is 276 g/mol. The van der Waals surface area contributed by atoms with E-state index in [-0.39, 0.29) is 0 Å². The summed E-state index contributed by atoms with van der Waals surface area (Å²) in [5, 5.41) is 8.75. The number of pyridine rings is 1. The molecule has 108 valence electrons. The molecule has 0 aliphatic heterocycles. The maximum absolute atomic E-state index is 11.5. The fourth-order valence-corrected chi connectivity index (χ4v) is 1.72. The normalized spacial score (nSPS) is 10.7. The molecule has 0 aliphatic rings. The van der Waals surface area contributed by atoms with Gasteiger partial charge in [-0.2, -0.15) is 5.26 Å². The first kappa shape index (κ1) is 15.2. The Hall–Kier alpha value is -3.19. The fourth-order valence-electron chi connectivity index (χ4n) is 1.72.